The lowest BCUT2D eigenvalue weighted by Gasteiger charge is -2.32. The third-order valence-corrected chi connectivity index (χ3v) is 4.28. The van der Waals surface area contributed by atoms with Gasteiger partial charge in [0.15, 0.2) is 17.3 Å². The predicted molar refractivity (Wildman–Crippen MR) is 93.9 cm³/mol. The van der Waals surface area contributed by atoms with Gasteiger partial charge in [-0.15, -0.1) is 0 Å². The van der Waals surface area contributed by atoms with Crippen LogP contribution in [0.15, 0.2) is 51.6 Å². The van der Waals surface area contributed by atoms with Crippen molar-refractivity contribution in [2.45, 2.75) is 32.5 Å². The van der Waals surface area contributed by atoms with Gasteiger partial charge in [-0.2, -0.15) is 4.98 Å². The van der Waals surface area contributed by atoms with Gasteiger partial charge in [-0.3, -0.25) is 4.90 Å². The monoisotopic (exact) mass is 355 g/mol. The quantitative estimate of drug-likeness (QED) is 0.671. The van der Waals surface area contributed by atoms with Crippen LogP contribution in [0.25, 0.3) is 11.6 Å². The molecular formula is C19H21N3O4. The number of ether oxygens (including phenoxy) is 2. The van der Waals surface area contributed by atoms with E-state index in [0.29, 0.717) is 37.2 Å². The van der Waals surface area contributed by atoms with Crippen molar-refractivity contribution in [1.82, 2.24) is 15.0 Å². The minimum absolute atomic E-state index is 0.0558. The molecule has 0 amide bonds. The molecule has 3 heterocycles. The summed E-state index contributed by atoms with van der Waals surface area (Å²) in [5.41, 5.74) is 0. The van der Waals surface area contributed by atoms with Gasteiger partial charge in [0, 0.05) is 12.6 Å². The number of fused-ring (bicyclic) bond motifs is 1. The van der Waals surface area contributed by atoms with E-state index in [1.807, 2.05) is 24.3 Å². The number of benzene rings is 1. The summed E-state index contributed by atoms with van der Waals surface area (Å²) < 4.78 is 22.6. The third kappa shape index (κ3) is 3.57. The first kappa shape index (κ1) is 16.7. The molecule has 0 N–H and O–H groups in total. The van der Waals surface area contributed by atoms with E-state index in [1.54, 1.807) is 18.4 Å². The van der Waals surface area contributed by atoms with Gasteiger partial charge in [0.25, 0.3) is 0 Å². The molecule has 136 valence electrons. The smallest absolute Gasteiger partial charge is 0.241 e. The molecule has 0 fully saturated rings. The standard InChI is InChI=1S/C19H21N3O4/c1-13(2)22(10-14-12-24-15-6-3-4-7-16(15)25-14)11-18-20-19(21-26-18)17-8-5-9-23-17/h3-9,13-14H,10-12H2,1-2H3/t14-/m1/s1. The van der Waals surface area contributed by atoms with Crippen LogP contribution < -0.4 is 9.47 Å². The number of hydrogen-bond donors (Lipinski definition) is 0. The van der Waals surface area contributed by atoms with E-state index in [4.69, 9.17) is 18.4 Å². The summed E-state index contributed by atoms with van der Waals surface area (Å²) in [5, 5.41) is 3.99. The fourth-order valence-corrected chi connectivity index (χ4v) is 2.87. The summed E-state index contributed by atoms with van der Waals surface area (Å²) >= 11 is 0. The lowest BCUT2D eigenvalue weighted by Crippen LogP contribution is -2.43. The maximum absolute atomic E-state index is 6.07. The summed E-state index contributed by atoms with van der Waals surface area (Å²) in [5.74, 6) is 3.17. The number of rotatable bonds is 6. The Kier molecular flexibility index (Phi) is 4.62. The summed E-state index contributed by atoms with van der Waals surface area (Å²) in [6.07, 6.45) is 1.53. The van der Waals surface area contributed by atoms with Crippen molar-refractivity contribution in [3.8, 4) is 23.1 Å². The largest absolute Gasteiger partial charge is 0.486 e. The van der Waals surface area contributed by atoms with E-state index in [-0.39, 0.29) is 12.1 Å². The van der Waals surface area contributed by atoms with Crippen LogP contribution in [0.2, 0.25) is 0 Å². The molecule has 26 heavy (non-hydrogen) atoms. The van der Waals surface area contributed by atoms with Crippen LogP contribution in [0.1, 0.15) is 19.7 Å². The average Bonchev–Trinajstić information content (AvgIpc) is 3.32. The van der Waals surface area contributed by atoms with Crippen LogP contribution in [-0.4, -0.2) is 40.3 Å². The van der Waals surface area contributed by atoms with E-state index >= 15 is 0 Å². The maximum Gasteiger partial charge on any atom is 0.241 e. The molecule has 7 heteroatoms. The number of para-hydroxylation sites is 2. The molecule has 0 saturated heterocycles. The van der Waals surface area contributed by atoms with Crippen LogP contribution in [0.5, 0.6) is 11.5 Å². The van der Waals surface area contributed by atoms with Crippen LogP contribution in [-0.2, 0) is 6.54 Å². The second-order valence-electron chi connectivity index (χ2n) is 6.51. The van der Waals surface area contributed by atoms with Crippen molar-refractivity contribution in [2.24, 2.45) is 0 Å². The Bertz CT molecular complexity index is 844. The number of aromatic nitrogens is 2. The minimum Gasteiger partial charge on any atom is -0.486 e. The molecule has 0 radical (unpaired) electrons. The zero-order valence-corrected chi connectivity index (χ0v) is 14.8. The van der Waals surface area contributed by atoms with E-state index in [2.05, 4.69) is 28.9 Å². The zero-order valence-electron chi connectivity index (χ0n) is 14.8. The molecule has 1 aromatic carbocycles. The Morgan fingerprint density at radius 2 is 2.00 bits per heavy atom. The van der Waals surface area contributed by atoms with E-state index in [0.717, 1.165) is 11.5 Å². The Morgan fingerprint density at radius 3 is 2.77 bits per heavy atom. The first-order valence-corrected chi connectivity index (χ1v) is 8.68. The predicted octanol–water partition coefficient (Wildman–Crippen LogP) is 3.38. The topological polar surface area (TPSA) is 73.8 Å². The van der Waals surface area contributed by atoms with Gasteiger partial charge in [0.05, 0.1) is 12.8 Å². The fraction of sp³-hybridized carbons (Fsp3) is 0.368. The molecule has 7 nitrogen and oxygen atoms in total. The molecule has 0 bridgehead atoms. The van der Waals surface area contributed by atoms with Gasteiger partial charge in [-0.25, -0.2) is 0 Å². The van der Waals surface area contributed by atoms with Crippen molar-refractivity contribution in [1.29, 1.82) is 0 Å². The highest BCUT2D eigenvalue weighted by Gasteiger charge is 2.25. The molecular weight excluding hydrogens is 334 g/mol. The van der Waals surface area contributed by atoms with Crippen LogP contribution >= 0.6 is 0 Å². The van der Waals surface area contributed by atoms with Gasteiger partial charge in [0.1, 0.15) is 12.7 Å². The van der Waals surface area contributed by atoms with Gasteiger partial charge < -0.3 is 18.4 Å². The van der Waals surface area contributed by atoms with Crippen LogP contribution in [0.3, 0.4) is 0 Å². The van der Waals surface area contributed by atoms with Crippen molar-refractivity contribution >= 4 is 0 Å². The normalized spacial score (nSPS) is 16.4. The Labute approximate surface area is 151 Å². The zero-order chi connectivity index (χ0) is 17.9. The highest BCUT2D eigenvalue weighted by molar-refractivity contribution is 5.44. The molecule has 1 aliphatic rings. The number of furan rings is 1. The molecule has 4 rings (SSSR count). The minimum atomic E-state index is -0.0558. The van der Waals surface area contributed by atoms with E-state index < -0.39 is 0 Å². The first-order valence-electron chi connectivity index (χ1n) is 8.68. The van der Waals surface area contributed by atoms with Crippen molar-refractivity contribution < 1.29 is 18.4 Å². The molecule has 0 saturated carbocycles. The summed E-state index contributed by atoms with van der Waals surface area (Å²) in [7, 11) is 0. The van der Waals surface area contributed by atoms with E-state index in [1.165, 1.54) is 0 Å². The lowest BCUT2D eigenvalue weighted by molar-refractivity contribution is 0.0432. The van der Waals surface area contributed by atoms with Crippen molar-refractivity contribution in [3.05, 3.63) is 48.6 Å². The lowest BCUT2D eigenvalue weighted by atomic mass is 10.2. The van der Waals surface area contributed by atoms with Crippen molar-refractivity contribution in [2.75, 3.05) is 13.2 Å². The first-order chi connectivity index (χ1) is 12.7. The third-order valence-electron chi connectivity index (χ3n) is 4.28. The number of hydrogen-bond acceptors (Lipinski definition) is 7. The van der Waals surface area contributed by atoms with Crippen LogP contribution in [0, 0.1) is 0 Å². The molecule has 2 aromatic heterocycles. The fourth-order valence-electron chi connectivity index (χ4n) is 2.87. The van der Waals surface area contributed by atoms with Gasteiger partial charge in [-0.05, 0) is 38.1 Å². The molecule has 0 spiro atoms. The highest BCUT2D eigenvalue weighted by atomic mass is 16.6. The Hall–Kier alpha value is -2.80. The Morgan fingerprint density at radius 1 is 1.15 bits per heavy atom. The second-order valence-corrected chi connectivity index (χ2v) is 6.51. The SMILES string of the molecule is CC(C)N(Cc1nc(-c2ccco2)no1)C[C@@H]1COc2ccccc2O1. The molecule has 0 unspecified atom stereocenters. The van der Waals surface area contributed by atoms with Gasteiger partial charge in [0.2, 0.25) is 11.7 Å². The molecule has 1 atom stereocenters. The van der Waals surface area contributed by atoms with Crippen molar-refractivity contribution in [3.63, 3.8) is 0 Å². The van der Waals surface area contributed by atoms with Gasteiger partial charge in [-0.1, -0.05) is 17.3 Å². The highest BCUT2D eigenvalue weighted by Crippen LogP contribution is 2.31. The Balaban J connectivity index is 1.42. The van der Waals surface area contributed by atoms with Gasteiger partial charge >= 0.3 is 0 Å². The summed E-state index contributed by atoms with van der Waals surface area (Å²) in [6, 6.07) is 11.6. The summed E-state index contributed by atoms with van der Waals surface area (Å²) in [6.45, 7) is 6.00. The average molecular weight is 355 g/mol. The van der Waals surface area contributed by atoms with E-state index in [9.17, 15) is 0 Å². The molecule has 1 aliphatic heterocycles. The molecule has 3 aromatic rings. The summed E-state index contributed by atoms with van der Waals surface area (Å²) in [4.78, 5) is 6.64. The number of nitrogens with zero attached hydrogens (tertiary/aromatic N) is 3. The van der Waals surface area contributed by atoms with Crippen LogP contribution in [0.4, 0.5) is 0 Å². The molecule has 0 aliphatic carbocycles. The second kappa shape index (κ2) is 7.21. The maximum atomic E-state index is 6.07.